The average molecular weight is 201 g/mol. The van der Waals surface area contributed by atoms with E-state index in [1.54, 1.807) is 0 Å². The smallest absolute Gasteiger partial charge is 0.321 e. The lowest BCUT2D eigenvalue weighted by atomic mass is 10.0. The molecule has 0 aliphatic rings. The molecule has 0 fully saturated rings. The Morgan fingerprint density at radius 1 is 1.29 bits per heavy atom. The Hall–Kier alpha value is -0.570. The maximum absolute atomic E-state index is 11.1. The van der Waals surface area contributed by atoms with Crippen LogP contribution in [-0.2, 0) is 4.79 Å². The second-order valence-corrected chi connectivity index (χ2v) is 4.36. The van der Waals surface area contributed by atoms with E-state index >= 15 is 0 Å². The monoisotopic (exact) mass is 201 g/mol. The van der Waals surface area contributed by atoms with Crippen molar-refractivity contribution in [2.75, 3.05) is 6.54 Å². The highest BCUT2D eigenvalue weighted by molar-refractivity contribution is 5.73. The third-order valence-electron chi connectivity index (χ3n) is 2.39. The zero-order valence-electron chi connectivity index (χ0n) is 9.95. The molecule has 0 aromatic rings. The minimum atomic E-state index is -0.706. The van der Waals surface area contributed by atoms with Crippen LogP contribution in [-0.4, -0.2) is 34.6 Å². The minimum absolute atomic E-state index is 0.154. The van der Waals surface area contributed by atoms with Gasteiger partial charge in [0, 0.05) is 6.04 Å². The molecule has 84 valence electrons. The molecule has 1 unspecified atom stereocenters. The van der Waals surface area contributed by atoms with Crippen LogP contribution in [0.3, 0.4) is 0 Å². The molecular weight excluding hydrogens is 178 g/mol. The number of aliphatic carboxylic acids is 1. The fraction of sp³-hybridized carbons (Fsp3) is 0.909. The topological polar surface area (TPSA) is 40.5 Å². The first-order chi connectivity index (χ1) is 6.41. The van der Waals surface area contributed by atoms with Gasteiger partial charge in [-0.1, -0.05) is 20.8 Å². The Kier molecular flexibility index (Phi) is 5.77. The fourth-order valence-corrected chi connectivity index (χ4v) is 1.79. The number of hydrogen-bond acceptors (Lipinski definition) is 2. The van der Waals surface area contributed by atoms with Crippen LogP contribution in [0.25, 0.3) is 0 Å². The van der Waals surface area contributed by atoms with Crippen molar-refractivity contribution in [1.82, 2.24) is 4.90 Å². The lowest BCUT2D eigenvalue weighted by Crippen LogP contribution is -2.48. The number of nitrogens with zero attached hydrogens (tertiary/aromatic N) is 1. The van der Waals surface area contributed by atoms with Gasteiger partial charge in [0.1, 0.15) is 6.04 Å². The predicted octanol–water partition coefficient (Wildman–Crippen LogP) is 2.22. The molecule has 0 aliphatic heterocycles. The molecule has 0 bridgehead atoms. The number of hydrogen-bond donors (Lipinski definition) is 1. The molecule has 0 saturated carbocycles. The van der Waals surface area contributed by atoms with Gasteiger partial charge in [-0.15, -0.1) is 0 Å². The van der Waals surface area contributed by atoms with Crippen molar-refractivity contribution < 1.29 is 9.90 Å². The number of carbonyl (C=O) groups is 1. The van der Waals surface area contributed by atoms with Gasteiger partial charge >= 0.3 is 5.97 Å². The molecule has 0 aliphatic carbocycles. The molecular formula is C11H23NO2. The Morgan fingerprint density at radius 2 is 1.79 bits per heavy atom. The van der Waals surface area contributed by atoms with Crippen molar-refractivity contribution >= 4 is 5.97 Å². The van der Waals surface area contributed by atoms with E-state index in [-0.39, 0.29) is 12.0 Å². The molecule has 1 atom stereocenters. The highest BCUT2D eigenvalue weighted by Crippen LogP contribution is 2.15. The second-order valence-electron chi connectivity index (χ2n) is 4.36. The molecule has 0 aromatic carbocycles. The van der Waals surface area contributed by atoms with Gasteiger partial charge in [-0.3, -0.25) is 9.69 Å². The summed E-state index contributed by atoms with van der Waals surface area (Å²) in [7, 11) is 0. The van der Waals surface area contributed by atoms with E-state index in [2.05, 4.69) is 11.8 Å². The fourth-order valence-electron chi connectivity index (χ4n) is 1.79. The highest BCUT2D eigenvalue weighted by atomic mass is 16.4. The van der Waals surface area contributed by atoms with Gasteiger partial charge in [-0.05, 0) is 32.7 Å². The van der Waals surface area contributed by atoms with E-state index < -0.39 is 5.97 Å². The van der Waals surface area contributed by atoms with Crippen LogP contribution in [0, 0.1) is 5.92 Å². The second kappa shape index (κ2) is 6.02. The van der Waals surface area contributed by atoms with E-state index in [4.69, 9.17) is 5.11 Å². The standard InChI is InChI=1S/C11H23NO2/c1-6-7-12(9(4)5)10(8(2)3)11(13)14/h8-10H,6-7H2,1-5H3,(H,13,14). The molecule has 0 aromatic heterocycles. The lowest BCUT2D eigenvalue weighted by molar-refractivity contribution is -0.146. The van der Waals surface area contributed by atoms with Gasteiger partial charge in [-0.2, -0.15) is 0 Å². The molecule has 0 amide bonds. The largest absolute Gasteiger partial charge is 0.480 e. The Balaban J connectivity index is 4.64. The van der Waals surface area contributed by atoms with Gasteiger partial charge in [0.05, 0.1) is 0 Å². The first-order valence-corrected chi connectivity index (χ1v) is 5.40. The molecule has 0 radical (unpaired) electrons. The van der Waals surface area contributed by atoms with Gasteiger partial charge in [-0.25, -0.2) is 0 Å². The average Bonchev–Trinajstić information content (AvgIpc) is 2.01. The zero-order chi connectivity index (χ0) is 11.3. The van der Waals surface area contributed by atoms with Crippen LogP contribution in [0.4, 0.5) is 0 Å². The van der Waals surface area contributed by atoms with Crippen molar-refractivity contribution in [3.63, 3.8) is 0 Å². The van der Waals surface area contributed by atoms with Crippen molar-refractivity contribution in [2.45, 2.75) is 53.1 Å². The normalized spacial score (nSPS) is 14.0. The summed E-state index contributed by atoms with van der Waals surface area (Å²) in [5, 5.41) is 9.15. The van der Waals surface area contributed by atoms with E-state index in [9.17, 15) is 4.79 Å². The van der Waals surface area contributed by atoms with Crippen LogP contribution in [0.2, 0.25) is 0 Å². The van der Waals surface area contributed by atoms with E-state index in [1.807, 2.05) is 27.7 Å². The summed E-state index contributed by atoms with van der Waals surface area (Å²) in [6.45, 7) is 11.0. The van der Waals surface area contributed by atoms with Gasteiger partial charge in [0.2, 0.25) is 0 Å². The summed E-state index contributed by atoms with van der Waals surface area (Å²) in [5.74, 6) is -0.552. The van der Waals surface area contributed by atoms with Crippen LogP contribution >= 0.6 is 0 Å². The molecule has 0 rings (SSSR count). The third kappa shape index (κ3) is 3.66. The van der Waals surface area contributed by atoms with Gasteiger partial charge < -0.3 is 5.11 Å². The van der Waals surface area contributed by atoms with Crippen LogP contribution in [0.15, 0.2) is 0 Å². The molecule has 14 heavy (non-hydrogen) atoms. The lowest BCUT2D eigenvalue weighted by Gasteiger charge is -2.34. The molecule has 1 N–H and O–H groups in total. The maximum atomic E-state index is 11.1. The zero-order valence-corrected chi connectivity index (χ0v) is 9.95. The summed E-state index contributed by atoms with van der Waals surface area (Å²) in [4.78, 5) is 13.2. The summed E-state index contributed by atoms with van der Waals surface area (Å²) >= 11 is 0. The molecule has 3 nitrogen and oxygen atoms in total. The van der Waals surface area contributed by atoms with Crippen molar-refractivity contribution in [3.05, 3.63) is 0 Å². The Bertz CT molecular complexity index is 178. The SMILES string of the molecule is CCCN(C(C)C)C(C(=O)O)C(C)C. The first-order valence-electron chi connectivity index (χ1n) is 5.40. The minimum Gasteiger partial charge on any atom is -0.480 e. The Morgan fingerprint density at radius 3 is 2.00 bits per heavy atom. The van der Waals surface area contributed by atoms with E-state index in [1.165, 1.54) is 0 Å². The molecule has 0 saturated heterocycles. The highest BCUT2D eigenvalue weighted by Gasteiger charge is 2.29. The van der Waals surface area contributed by atoms with Crippen molar-refractivity contribution in [2.24, 2.45) is 5.92 Å². The maximum Gasteiger partial charge on any atom is 0.321 e. The summed E-state index contributed by atoms with van der Waals surface area (Å²) < 4.78 is 0. The predicted molar refractivity (Wildman–Crippen MR) is 58.4 cm³/mol. The third-order valence-corrected chi connectivity index (χ3v) is 2.39. The Labute approximate surface area is 87.1 Å². The number of rotatable bonds is 6. The van der Waals surface area contributed by atoms with Crippen molar-refractivity contribution in [1.29, 1.82) is 0 Å². The van der Waals surface area contributed by atoms with E-state index in [0.29, 0.717) is 6.04 Å². The van der Waals surface area contributed by atoms with E-state index in [0.717, 1.165) is 13.0 Å². The molecule has 0 spiro atoms. The number of carboxylic acids is 1. The molecule has 0 heterocycles. The number of carboxylic acid groups (broad SMARTS) is 1. The van der Waals surface area contributed by atoms with Crippen LogP contribution in [0.1, 0.15) is 41.0 Å². The first kappa shape index (κ1) is 13.4. The molecule has 3 heteroatoms. The van der Waals surface area contributed by atoms with Crippen LogP contribution < -0.4 is 0 Å². The van der Waals surface area contributed by atoms with Gasteiger partial charge in [0.25, 0.3) is 0 Å². The summed E-state index contributed by atoms with van der Waals surface area (Å²) in [6.07, 6.45) is 0.995. The summed E-state index contributed by atoms with van der Waals surface area (Å²) in [5.41, 5.74) is 0. The quantitative estimate of drug-likeness (QED) is 0.716. The summed E-state index contributed by atoms with van der Waals surface area (Å²) in [6, 6.07) is -0.0617. The van der Waals surface area contributed by atoms with Crippen molar-refractivity contribution in [3.8, 4) is 0 Å². The van der Waals surface area contributed by atoms with Crippen LogP contribution in [0.5, 0.6) is 0 Å². The van der Waals surface area contributed by atoms with Gasteiger partial charge in [0.15, 0.2) is 0 Å².